The second kappa shape index (κ2) is 12.2. The zero-order valence-corrected chi connectivity index (χ0v) is 17.3. The quantitative estimate of drug-likeness (QED) is 0.207. The summed E-state index contributed by atoms with van der Waals surface area (Å²) in [6.45, 7) is 14.1. The summed E-state index contributed by atoms with van der Waals surface area (Å²) in [4.78, 5) is 7.23. The summed E-state index contributed by atoms with van der Waals surface area (Å²) < 4.78 is 0. The number of aliphatic imine (C=N–C) groups is 1. The van der Waals surface area contributed by atoms with E-state index >= 15 is 0 Å². The van der Waals surface area contributed by atoms with Gasteiger partial charge in [-0.1, -0.05) is 12.2 Å². The molecule has 1 aliphatic rings. The van der Waals surface area contributed by atoms with Gasteiger partial charge in [0, 0.05) is 37.8 Å². The maximum absolute atomic E-state index is 4.71. The number of hydrogen-bond donors (Lipinski definition) is 2. The van der Waals surface area contributed by atoms with E-state index in [2.05, 4.69) is 62.3 Å². The molecule has 1 aliphatic carbocycles. The minimum atomic E-state index is 0. The molecule has 5 heteroatoms. The van der Waals surface area contributed by atoms with Crippen LogP contribution in [-0.4, -0.2) is 48.6 Å². The summed E-state index contributed by atoms with van der Waals surface area (Å²) in [5.74, 6) is 0.965. The van der Waals surface area contributed by atoms with Gasteiger partial charge in [0.05, 0.1) is 0 Å². The van der Waals surface area contributed by atoms with Crippen LogP contribution in [0.4, 0.5) is 0 Å². The molecule has 0 amide bonds. The molecule has 0 radical (unpaired) electrons. The molecule has 0 saturated carbocycles. The van der Waals surface area contributed by atoms with Gasteiger partial charge in [-0.15, -0.1) is 24.0 Å². The highest BCUT2D eigenvalue weighted by molar-refractivity contribution is 14.0. The molecule has 22 heavy (non-hydrogen) atoms. The van der Waals surface area contributed by atoms with Crippen LogP contribution in [0.5, 0.6) is 0 Å². The first-order valence-corrected chi connectivity index (χ1v) is 8.50. The fourth-order valence-corrected chi connectivity index (χ4v) is 2.81. The van der Waals surface area contributed by atoms with E-state index in [9.17, 15) is 0 Å². The van der Waals surface area contributed by atoms with Crippen molar-refractivity contribution in [2.24, 2.45) is 4.99 Å². The van der Waals surface area contributed by atoms with Gasteiger partial charge in [-0.3, -0.25) is 9.89 Å². The Bertz CT molecular complexity index is 324. The van der Waals surface area contributed by atoms with Crippen LogP contribution in [0.25, 0.3) is 0 Å². The number of hydrogen-bond acceptors (Lipinski definition) is 2. The fraction of sp³-hybridized carbons (Fsp3) is 0.824. The van der Waals surface area contributed by atoms with Crippen LogP contribution in [0.2, 0.25) is 0 Å². The molecule has 1 rings (SSSR count). The van der Waals surface area contributed by atoms with E-state index < -0.39 is 0 Å². The van der Waals surface area contributed by atoms with E-state index in [0.717, 1.165) is 44.9 Å². The maximum atomic E-state index is 4.71. The summed E-state index contributed by atoms with van der Waals surface area (Å²) in [7, 11) is 0. The smallest absolute Gasteiger partial charge is 0.191 e. The molecule has 0 atom stereocenters. The van der Waals surface area contributed by atoms with Crippen LogP contribution in [0.1, 0.15) is 53.9 Å². The third-order valence-electron chi connectivity index (χ3n) is 3.86. The second-order valence-corrected chi connectivity index (χ2v) is 6.32. The Kier molecular flexibility index (Phi) is 12.0. The number of nitrogens with zero attached hydrogens (tertiary/aromatic N) is 2. The Hall–Kier alpha value is -0.300. The fourth-order valence-electron chi connectivity index (χ4n) is 2.81. The first-order valence-electron chi connectivity index (χ1n) is 8.50. The normalized spacial score (nSPS) is 15.7. The summed E-state index contributed by atoms with van der Waals surface area (Å²) in [6.07, 6.45) is 7.81. The summed E-state index contributed by atoms with van der Waals surface area (Å²) in [6, 6.07) is 1.72. The maximum Gasteiger partial charge on any atom is 0.191 e. The SMILES string of the molecule is CCNC(=NCCCN(C(C)C)C(C)C)NC1CC=CC1.I. The van der Waals surface area contributed by atoms with Gasteiger partial charge in [-0.25, -0.2) is 0 Å². The highest BCUT2D eigenvalue weighted by Gasteiger charge is 2.13. The van der Waals surface area contributed by atoms with Crippen molar-refractivity contribution < 1.29 is 0 Å². The first-order chi connectivity index (χ1) is 10.0. The first kappa shape index (κ1) is 21.7. The third kappa shape index (κ3) is 8.36. The monoisotopic (exact) mass is 422 g/mol. The molecule has 0 unspecified atom stereocenters. The van der Waals surface area contributed by atoms with Crippen molar-refractivity contribution in [2.75, 3.05) is 19.6 Å². The average molecular weight is 422 g/mol. The topological polar surface area (TPSA) is 39.7 Å². The van der Waals surface area contributed by atoms with E-state index in [4.69, 9.17) is 4.99 Å². The molecule has 4 nitrogen and oxygen atoms in total. The van der Waals surface area contributed by atoms with Gasteiger partial charge >= 0.3 is 0 Å². The van der Waals surface area contributed by atoms with Gasteiger partial charge in [0.25, 0.3) is 0 Å². The van der Waals surface area contributed by atoms with Gasteiger partial charge < -0.3 is 10.6 Å². The van der Waals surface area contributed by atoms with Crippen LogP contribution in [0.15, 0.2) is 17.1 Å². The number of nitrogens with one attached hydrogen (secondary N) is 2. The van der Waals surface area contributed by atoms with Crippen LogP contribution >= 0.6 is 24.0 Å². The molecule has 2 N–H and O–H groups in total. The Morgan fingerprint density at radius 1 is 1.18 bits per heavy atom. The standard InChI is InChI=1S/C17H34N4.HI/c1-6-18-17(20-16-10-7-8-11-16)19-12-9-13-21(14(2)3)15(4)5;/h7-8,14-16H,6,9-13H2,1-5H3,(H2,18,19,20);1H. The molecule has 0 spiro atoms. The molecule has 0 heterocycles. The minimum absolute atomic E-state index is 0. The highest BCUT2D eigenvalue weighted by atomic mass is 127. The average Bonchev–Trinajstić information content (AvgIpc) is 2.90. The van der Waals surface area contributed by atoms with Crippen LogP contribution in [-0.2, 0) is 0 Å². The summed E-state index contributed by atoms with van der Waals surface area (Å²) in [5, 5.41) is 6.85. The van der Waals surface area contributed by atoms with Crippen molar-refractivity contribution in [3.8, 4) is 0 Å². The number of halogens is 1. The Balaban J connectivity index is 0.00000441. The summed E-state index contributed by atoms with van der Waals surface area (Å²) in [5.41, 5.74) is 0. The molecular formula is C17H35IN4. The van der Waals surface area contributed by atoms with Crippen molar-refractivity contribution in [1.82, 2.24) is 15.5 Å². The largest absolute Gasteiger partial charge is 0.357 e. The molecule has 0 fully saturated rings. The molecule has 0 aromatic carbocycles. The lowest BCUT2D eigenvalue weighted by atomic mass is 10.2. The van der Waals surface area contributed by atoms with Gasteiger partial charge in [0.1, 0.15) is 0 Å². The number of guanidine groups is 1. The lowest BCUT2D eigenvalue weighted by Crippen LogP contribution is -2.42. The molecule has 0 saturated heterocycles. The third-order valence-corrected chi connectivity index (χ3v) is 3.86. The Morgan fingerprint density at radius 2 is 1.77 bits per heavy atom. The van der Waals surface area contributed by atoms with E-state index in [1.165, 1.54) is 0 Å². The van der Waals surface area contributed by atoms with Crippen LogP contribution < -0.4 is 10.6 Å². The van der Waals surface area contributed by atoms with E-state index in [-0.39, 0.29) is 24.0 Å². The van der Waals surface area contributed by atoms with E-state index in [1.807, 2.05) is 0 Å². The van der Waals surface area contributed by atoms with E-state index in [1.54, 1.807) is 0 Å². The zero-order chi connectivity index (χ0) is 15.7. The Morgan fingerprint density at radius 3 is 2.27 bits per heavy atom. The molecule has 0 aliphatic heterocycles. The predicted octanol–water partition coefficient (Wildman–Crippen LogP) is 3.39. The van der Waals surface area contributed by atoms with Crippen molar-refractivity contribution in [2.45, 2.75) is 72.0 Å². The van der Waals surface area contributed by atoms with Crippen molar-refractivity contribution >= 4 is 29.9 Å². The van der Waals surface area contributed by atoms with Crippen molar-refractivity contribution in [3.63, 3.8) is 0 Å². The second-order valence-electron chi connectivity index (χ2n) is 6.32. The summed E-state index contributed by atoms with van der Waals surface area (Å²) >= 11 is 0. The predicted molar refractivity (Wildman–Crippen MR) is 108 cm³/mol. The molecule has 0 aromatic rings. The van der Waals surface area contributed by atoms with Crippen LogP contribution in [0.3, 0.4) is 0 Å². The minimum Gasteiger partial charge on any atom is -0.357 e. The zero-order valence-electron chi connectivity index (χ0n) is 14.9. The molecule has 0 aromatic heterocycles. The van der Waals surface area contributed by atoms with E-state index in [0.29, 0.717) is 18.1 Å². The molecule has 0 bridgehead atoms. The molecular weight excluding hydrogens is 387 g/mol. The van der Waals surface area contributed by atoms with Crippen molar-refractivity contribution in [1.29, 1.82) is 0 Å². The van der Waals surface area contributed by atoms with Crippen LogP contribution in [0, 0.1) is 0 Å². The lowest BCUT2D eigenvalue weighted by molar-refractivity contribution is 0.174. The van der Waals surface area contributed by atoms with Gasteiger partial charge in [0.2, 0.25) is 0 Å². The highest BCUT2D eigenvalue weighted by Crippen LogP contribution is 2.09. The lowest BCUT2D eigenvalue weighted by Gasteiger charge is -2.30. The van der Waals surface area contributed by atoms with Crippen molar-refractivity contribution in [3.05, 3.63) is 12.2 Å². The van der Waals surface area contributed by atoms with Gasteiger partial charge in [-0.2, -0.15) is 0 Å². The number of rotatable bonds is 8. The molecule has 130 valence electrons. The van der Waals surface area contributed by atoms with Gasteiger partial charge in [0.15, 0.2) is 5.96 Å². The Labute approximate surface area is 154 Å². The van der Waals surface area contributed by atoms with Gasteiger partial charge in [-0.05, 0) is 53.9 Å².